The largest absolute Gasteiger partial charge is 0.493 e. The minimum atomic E-state index is -4.66. The Morgan fingerprint density at radius 1 is 1.32 bits per heavy atom. The van der Waals surface area contributed by atoms with Crippen LogP contribution >= 0.6 is 0 Å². The zero-order chi connectivity index (χ0) is 25.0. The highest BCUT2D eigenvalue weighted by Gasteiger charge is 2.35. The van der Waals surface area contributed by atoms with Crippen LogP contribution in [0.3, 0.4) is 0 Å². The van der Waals surface area contributed by atoms with Crippen molar-refractivity contribution in [2.24, 2.45) is 7.05 Å². The highest BCUT2D eigenvalue weighted by Crippen LogP contribution is 2.39. The van der Waals surface area contributed by atoms with Crippen molar-refractivity contribution in [3.63, 3.8) is 0 Å². The van der Waals surface area contributed by atoms with Crippen molar-refractivity contribution in [2.75, 3.05) is 27.2 Å². The molecule has 34 heavy (non-hydrogen) atoms. The van der Waals surface area contributed by atoms with E-state index >= 15 is 0 Å². The summed E-state index contributed by atoms with van der Waals surface area (Å²) in [6, 6.07) is 6.90. The van der Waals surface area contributed by atoms with E-state index in [9.17, 15) is 23.2 Å². The second-order valence-electron chi connectivity index (χ2n) is 8.03. The molecule has 0 saturated heterocycles. The second kappa shape index (κ2) is 10.1. The van der Waals surface area contributed by atoms with Crippen LogP contribution in [0.5, 0.6) is 5.75 Å². The van der Waals surface area contributed by atoms with Crippen molar-refractivity contribution in [1.82, 2.24) is 24.8 Å². The van der Waals surface area contributed by atoms with Gasteiger partial charge in [-0.2, -0.15) is 18.4 Å². The average Bonchev–Trinajstić information content (AvgIpc) is 3.17. The zero-order valence-corrected chi connectivity index (χ0v) is 19.3. The average molecular weight is 474 g/mol. The number of rotatable bonds is 8. The van der Waals surface area contributed by atoms with Crippen molar-refractivity contribution < 1.29 is 22.7 Å². The Morgan fingerprint density at radius 2 is 2.06 bits per heavy atom. The normalized spacial score (nSPS) is 12.6. The van der Waals surface area contributed by atoms with Gasteiger partial charge in [0.15, 0.2) is 5.69 Å². The predicted molar refractivity (Wildman–Crippen MR) is 120 cm³/mol. The van der Waals surface area contributed by atoms with Crippen molar-refractivity contribution in [3.8, 4) is 23.1 Å². The lowest BCUT2D eigenvalue weighted by Crippen LogP contribution is -2.41. The van der Waals surface area contributed by atoms with E-state index < -0.39 is 11.7 Å². The number of carbonyl (C=O) groups is 1. The fourth-order valence-corrected chi connectivity index (χ4v) is 3.24. The van der Waals surface area contributed by atoms with E-state index in [1.165, 1.54) is 18.5 Å². The van der Waals surface area contributed by atoms with Gasteiger partial charge in [-0.05, 0) is 51.7 Å². The van der Waals surface area contributed by atoms with Crippen LogP contribution in [-0.4, -0.2) is 58.6 Å². The van der Waals surface area contributed by atoms with E-state index in [0.29, 0.717) is 17.5 Å². The standard InChI is InChI=1S/C23H25F3N6O2/c1-14(31(2)3)22(33)28-8-5-9-34-20-7-6-15(10-16(20)23(24,25)26)17-11-19-21(18(12-27)30-17)29-13-32(19)4/h6-7,10-11,13-14H,5,8-9H2,1-4H3,(H,28,33). The number of benzene rings is 1. The van der Waals surface area contributed by atoms with Crippen LogP contribution in [0.4, 0.5) is 13.2 Å². The summed E-state index contributed by atoms with van der Waals surface area (Å²) in [4.78, 5) is 22.0. The molecule has 3 aromatic rings. The van der Waals surface area contributed by atoms with Gasteiger partial charge in [0.05, 0.1) is 35.8 Å². The van der Waals surface area contributed by atoms with Gasteiger partial charge in [0, 0.05) is 19.2 Å². The van der Waals surface area contributed by atoms with Gasteiger partial charge >= 0.3 is 6.18 Å². The quantitative estimate of drug-likeness (QED) is 0.503. The molecule has 0 radical (unpaired) electrons. The smallest absolute Gasteiger partial charge is 0.419 e. The van der Waals surface area contributed by atoms with Crippen molar-refractivity contribution in [3.05, 3.63) is 41.9 Å². The first-order valence-electron chi connectivity index (χ1n) is 10.5. The number of fused-ring (bicyclic) bond motifs is 1. The summed E-state index contributed by atoms with van der Waals surface area (Å²) in [5, 5.41) is 12.1. The first-order chi connectivity index (χ1) is 16.0. The SMILES string of the molecule is CC(C(=O)NCCCOc1ccc(-c2cc3c(ncn3C)c(C#N)n2)cc1C(F)(F)F)N(C)C. The number of nitriles is 1. The molecular formula is C23H25F3N6O2. The Morgan fingerprint density at radius 3 is 2.71 bits per heavy atom. The minimum absolute atomic E-state index is 0.00311. The number of aromatic nitrogens is 3. The molecule has 8 nitrogen and oxygen atoms in total. The van der Waals surface area contributed by atoms with E-state index in [-0.39, 0.29) is 47.8 Å². The van der Waals surface area contributed by atoms with E-state index in [4.69, 9.17) is 4.74 Å². The number of ether oxygens (including phenoxy) is 1. The number of pyridine rings is 1. The lowest BCUT2D eigenvalue weighted by atomic mass is 10.1. The zero-order valence-electron chi connectivity index (χ0n) is 19.3. The topological polar surface area (TPSA) is 96.1 Å². The number of alkyl halides is 3. The number of nitrogens with one attached hydrogen (secondary N) is 1. The first kappa shape index (κ1) is 25.0. The summed E-state index contributed by atoms with van der Waals surface area (Å²) in [6.07, 6.45) is -2.80. The molecule has 0 saturated carbocycles. The maximum atomic E-state index is 13.8. The number of amides is 1. The van der Waals surface area contributed by atoms with Gasteiger partial charge in [-0.3, -0.25) is 9.69 Å². The molecule has 0 aliphatic carbocycles. The number of likely N-dealkylation sites (N-methyl/N-ethyl adjacent to an activating group) is 1. The Balaban J connectivity index is 1.78. The summed E-state index contributed by atoms with van der Waals surface area (Å²) in [7, 11) is 5.28. The summed E-state index contributed by atoms with van der Waals surface area (Å²) in [6.45, 7) is 2.03. The van der Waals surface area contributed by atoms with E-state index in [0.717, 1.165) is 6.07 Å². The molecule has 0 bridgehead atoms. The minimum Gasteiger partial charge on any atom is -0.493 e. The molecule has 180 valence electrons. The monoisotopic (exact) mass is 474 g/mol. The van der Waals surface area contributed by atoms with Crippen LogP contribution in [0.1, 0.15) is 24.6 Å². The molecule has 0 fully saturated rings. The Bertz CT molecular complexity index is 1230. The number of aryl methyl sites for hydroxylation is 1. The highest BCUT2D eigenvalue weighted by molar-refractivity contribution is 5.84. The molecule has 2 heterocycles. The Hall–Kier alpha value is -3.65. The van der Waals surface area contributed by atoms with Crippen LogP contribution in [0.25, 0.3) is 22.3 Å². The van der Waals surface area contributed by atoms with Gasteiger partial charge in [-0.15, -0.1) is 0 Å². The lowest BCUT2D eigenvalue weighted by molar-refractivity contribution is -0.138. The van der Waals surface area contributed by atoms with Gasteiger partial charge in [-0.1, -0.05) is 0 Å². The van der Waals surface area contributed by atoms with Gasteiger partial charge in [0.1, 0.15) is 17.3 Å². The maximum absolute atomic E-state index is 13.8. The fraction of sp³-hybridized carbons (Fsp3) is 0.391. The third-order valence-electron chi connectivity index (χ3n) is 5.43. The van der Waals surface area contributed by atoms with Crippen molar-refractivity contribution in [2.45, 2.75) is 25.6 Å². The van der Waals surface area contributed by atoms with E-state index in [1.807, 2.05) is 6.07 Å². The van der Waals surface area contributed by atoms with Crippen LogP contribution in [0, 0.1) is 11.3 Å². The molecule has 1 unspecified atom stereocenters. The molecule has 1 amide bonds. The molecular weight excluding hydrogens is 449 g/mol. The third-order valence-corrected chi connectivity index (χ3v) is 5.43. The van der Waals surface area contributed by atoms with Crippen LogP contribution in [0.2, 0.25) is 0 Å². The number of hydrogen-bond donors (Lipinski definition) is 1. The summed E-state index contributed by atoms with van der Waals surface area (Å²) >= 11 is 0. The Labute approximate surface area is 195 Å². The van der Waals surface area contributed by atoms with Crippen LogP contribution < -0.4 is 10.1 Å². The summed E-state index contributed by atoms with van der Waals surface area (Å²) in [5.74, 6) is -0.480. The summed E-state index contributed by atoms with van der Waals surface area (Å²) in [5.41, 5.74) is 0.484. The fourth-order valence-electron chi connectivity index (χ4n) is 3.24. The number of nitrogens with zero attached hydrogens (tertiary/aromatic N) is 5. The molecule has 3 rings (SSSR count). The number of halogens is 3. The molecule has 0 aliphatic rings. The van der Waals surface area contributed by atoms with Gasteiger partial charge in [-0.25, -0.2) is 9.97 Å². The number of imidazole rings is 1. The van der Waals surface area contributed by atoms with Gasteiger partial charge in [0.2, 0.25) is 5.91 Å². The van der Waals surface area contributed by atoms with Gasteiger partial charge in [0.25, 0.3) is 0 Å². The van der Waals surface area contributed by atoms with E-state index in [1.54, 1.807) is 43.6 Å². The van der Waals surface area contributed by atoms with Gasteiger partial charge < -0.3 is 14.6 Å². The molecule has 1 atom stereocenters. The molecule has 1 N–H and O–H groups in total. The summed E-state index contributed by atoms with van der Waals surface area (Å²) < 4.78 is 48.4. The molecule has 1 aromatic carbocycles. The number of carbonyl (C=O) groups excluding carboxylic acids is 1. The van der Waals surface area contributed by atoms with Crippen molar-refractivity contribution >= 4 is 16.9 Å². The third kappa shape index (κ3) is 5.46. The Kier molecular flexibility index (Phi) is 7.41. The molecule has 0 aliphatic heterocycles. The molecule has 11 heteroatoms. The maximum Gasteiger partial charge on any atom is 0.419 e. The second-order valence-corrected chi connectivity index (χ2v) is 8.03. The molecule has 0 spiro atoms. The predicted octanol–water partition coefficient (Wildman–Crippen LogP) is 3.36. The van der Waals surface area contributed by atoms with Crippen LogP contribution in [0.15, 0.2) is 30.6 Å². The van der Waals surface area contributed by atoms with Crippen molar-refractivity contribution in [1.29, 1.82) is 5.26 Å². The number of hydrogen-bond acceptors (Lipinski definition) is 6. The van der Waals surface area contributed by atoms with E-state index in [2.05, 4.69) is 15.3 Å². The van der Waals surface area contributed by atoms with Crippen LogP contribution in [-0.2, 0) is 18.0 Å². The first-order valence-corrected chi connectivity index (χ1v) is 10.5. The molecule has 2 aromatic heterocycles. The lowest BCUT2D eigenvalue weighted by Gasteiger charge is -2.19. The highest BCUT2D eigenvalue weighted by atomic mass is 19.4.